The van der Waals surface area contributed by atoms with Gasteiger partial charge in [-0.15, -0.1) is 0 Å². The summed E-state index contributed by atoms with van der Waals surface area (Å²) in [6, 6.07) is 11.5. The molecule has 0 saturated carbocycles. The van der Waals surface area contributed by atoms with E-state index < -0.39 is 11.9 Å². The maximum absolute atomic E-state index is 13.6. The van der Waals surface area contributed by atoms with Gasteiger partial charge in [-0.05, 0) is 77.1 Å². The second-order valence-corrected chi connectivity index (χ2v) is 12.4. The van der Waals surface area contributed by atoms with E-state index in [1.54, 1.807) is 11.0 Å². The lowest BCUT2D eigenvalue weighted by Gasteiger charge is -2.35. The molecular weight excluding hydrogens is 523 g/mol. The van der Waals surface area contributed by atoms with Crippen LogP contribution in [0.25, 0.3) is 5.57 Å². The molecule has 2 aromatic rings. The molecule has 1 atom stereocenters. The van der Waals surface area contributed by atoms with Gasteiger partial charge < -0.3 is 14.7 Å². The number of urea groups is 1. The zero-order valence-electron chi connectivity index (χ0n) is 23.5. The number of piperidine rings is 1. The van der Waals surface area contributed by atoms with Crippen molar-refractivity contribution in [2.75, 3.05) is 19.6 Å². The fourth-order valence-corrected chi connectivity index (χ4v) is 6.62. The van der Waals surface area contributed by atoms with Crippen molar-refractivity contribution in [2.45, 2.75) is 65.1 Å². The number of hydrogen-bond acceptors (Lipinski definition) is 4. The van der Waals surface area contributed by atoms with E-state index in [4.69, 9.17) is 0 Å². The van der Waals surface area contributed by atoms with E-state index in [1.807, 2.05) is 34.1 Å². The number of carbonyl (C=O) groups excluding carboxylic acids is 4. The Labute approximate surface area is 239 Å². The molecule has 0 spiro atoms. The number of amides is 5. The predicted molar refractivity (Wildman–Crippen MR) is 151 cm³/mol. The number of hydrogen-bond donors (Lipinski definition) is 1. The van der Waals surface area contributed by atoms with E-state index in [0.29, 0.717) is 38.2 Å². The van der Waals surface area contributed by atoms with E-state index in [1.165, 1.54) is 23.3 Å². The molecule has 1 aliphatic carbocycles. The van der Waals surface area contributed by atoms with Gasteiger partial charge in [-0.2, -0.15) is 0 Å². The molecule has 214 valence electrons. The Morgan fingerprint density at radius 3 is 2.41 bits per heavy atom. The Balaban J connectivity index is 1.18. The first-order valence-electron chi connectivity index (χ1n) is 14.4. The maximum Gasteiger partial charge on any atom is 0.320 e. The number of fused-ring (bicyclic) bond motifs is 1. The molecule has 1 N–H and O–H groups in total. The fourth-order valence-electron chi connectivity index (χ4n) is 6.62. The van der Waals surface area contributed by atoms with Gasteiger partial charge in [0.05, 0.1) is 0 Å². The summed E-state index contributed by atoms with van der Waals surface area (Å²) in [6.07, 6.45) is 3.33. The summed E-state index contributed by atoms with van der Waals surface area (Å²) in [6.45, 7) is 6.91. The van der Waals surface area contributed by atoms with Crippen LogP contribution in [0.15, 0.2) is 48.0 Å². The Morgan fingerprint density at radius 2 is 1.68 bits per heavy atom. The van der Waals surface area contributed by atoms with E-state index in [-0.39, 0.29) is 42.0 Å². The van der Waals surface area contributed by atoms with Gasteiger partial charge in [-0.3, -0.25) is 19.7 Å². The lowest BCUT2D eigenvalue weighted by Crippen LogP contribution is -2.52. The summed E-state index contributed by atoms with van der Waals surface area (Å²) in [5.41, 5.74) is 5.88. The van der Waals surface area contributed by atoms with E-state index in [9.17, 15) is 23.6 Å². The summed E-state index contributed by atoms with van der Waals surface area (Å²) >= 11 is 0. The monoisotopic (exact) mass is 558 g/mol. The lowest BCUT2D eigenvalue weighted by atomic mass is 9.72. The SMILES string of the molecule is CC1(C)CCC(CN2CCN(Cc3cccc4c3CN(C3CCC(=O)NC3=O)C4=O)C2=O)=C(c2ccc(F)cc2)C1. The average molecular weight is 559 g/mol. The third-order valence-corrected chi connectivity index (χ3v) is 8.98. The van der Waals surface area contributed by atoms with Crippen LogP contribution in [0.3, 0.4) is 0 Å². The van der Waals surface area contributed by atoms with Gasteiger partial charge in [-0.1, -0.05) is 38.1 Å². The molecule has 5 amide bonds. The summed E-state index contributed by atoms with van der Waals surface area (Å²) in [7, 11) is 0. The summed E-state index contributed by atoms with van der Waals surface area (Å²) < 4.78 is 13.6. The number of rotatable bonds is 6. The minimum Gasteiger partial charge on any atom is -0.322 e. The summed E-state index contributed by atoms with van der Waals surface area (Å²) in [5.74, 6) is -1.22. The molecule has 41 heavy (non-hydrogen) atoms. The van der Waals surface area contributed by atoms with Crippen LogP contribution in [0.5, 0.6) is 0 Å². The van der Waals surface area contributed by atoms with E-state index in [0.717, 1.165) is 36.0 Å². The molecule has 0 aromatic heterocycles. The second kappa shape index (κ2) is 10.4. The molecule has 2 aromatic carbocycles. The Bertz CT molecular complexity index is 1460. The smallest absolute Gasteiger partial charge is 0.320 e. The lowest BCUT2D eigenvalue weighted by molar-refractivity contribution is -0.136. The predicted octanol–water partition coefficient (Wildman–Crippen LogP) is 4.49. The van der Waals surface area contributed by atoms with Crippen LogP contribution in [0.4, 0.5) is 9.18 Å². The van der Waals surface area contributed by atoms with Crippen LogP contribution in [0, 0.1) is 11.2 Å². The van der Waals surface area contributed by atoms with Gasteiger partial charge in [0, 0.05) is 44.7 Å². The first-order chi connectivity index (χ1) is 19.6. The third kappa shape index (κ3) is 5.25. The van der Waals surface area contributed by atoms with Crippen LogP contribution < -0.4 is 5.32 Å². The second-order valence-electron chi connectivity index (χ2n) is 12.4. The van der Waals surface area contributed by atoms with Gasteiger partial charge in [0.1, 0.15) is 11.9 Å². The molecule has 6 rings (SSSR count). The molecule has 1 unspecified atom stereocenters. The van der Waals surface area contributed by atoms with Crippen molar-refractivity contribution < 1.29 is 23.6 Å². The summed E-state index contributed by atoms with van der Waals surface area (Å²) in [4.78, 5) is 56.1. The highest BCUT2D eigenvalue weighted by atomic mass is 19.1. The number of nitrogens with one attached hydrogen (secondary N) is 1. The molecule has 0 bridgehead atoms. The minimum atomic E-state index is -0.673. The van der Waals surface area contributed by atoms with Crippen molar-refractivity contribution in [2.24, 2.45) is 5.41 Å². The highest BCUT2D eigenvalue weighted by molar-refractivity contribution is 6.05. The number of carbonyl (C=O) groups is 4. The van der Waals surface area contributed by atoms with Crippen molar-refractivity contribution in [1.82, 2.24) is 20.0 Å². The summed E-state index contributed by atoms with van der Waals surface area (Å²) in [5, 5.41) is 2.34. The standard InChI is InChI=1S/C32H35FN4O4/c1-32(2)13-12-22(25(16-32)20-6-8-23(33)9-7-20)18-36-15-14-35(31(36)41)17-21-4-3-5-24-26(21)19-37(30(24)40)27-10-11-28(38)34-29(27)39/h3-9,27H,10-19H2,1-2H3,(H,34,38,39). The number of allylic oxidation sites excluding steroid dienone is 1. The van der Waals surface area contributed by atoms with Gasteiger partial charge in [0.15, 0.2) is 0 Å². The van der Waals surface area contributed by atoms with Crippen molar-refractivity contribution in [3.8, 4) is 0 Å². The topological polar surface area (TPSA) is 90.0 Å². The molecule has 8 nitrogen and oxygen atoms in total. The maximum atomic E-state index is 13.6. The first-order valence-corrected chi connectivity index (χ1v) is 14.4. The van der Waals surface area contributed by atoms with E-state index in [2.05, 4.69) is 19.2 Å². The van der Waals surface area contributed by atoms with Gasteiger partial charge in [0.25, 0.3) is 5.91 Å². The molecule has 4 aliphatic rings. The largest absolute Gasteiger partial charge is 0.322 e. The third-order valence-electron chi connectivity index (χ3n) is 8.98. The Morgan fingerprint density at radius 1 is 0.951 bits per heavy atom. The van der Waals surface area contributed by atoms with Crippen LogP contribution in [0.2, 0.25) is 0 Å². The van der Waals surface area contributed by atoms with Crippen LogP contribution in [0.1, 0.15) is 73.0 Å². The number of imide groups is 1. The van der Waals surface area contributed by atoms with Crippen LogP contribution >= 0.6 is 0 Å². The molecule has 9 heteroatoms. The minimum absolute atomic E-state index is 0.0373. The zero-order valence-corrected chi connectivity index (χ0v) is 23.5. The van der Waals surface area contributed by atoms with E-state index >= 15 is 0 Å². The molecule has 2 saturated heterocycles. The Kier molecular flexibility index (Phi) is 6.91. The quantitative estimate of drug-likeness (QED) is 0.529. The number of halogens is 1. The Hall–Kier alpha value is -4.01. The molecule has 3 heterocycles. The normalized spacial score (nSPS) is 22.5. The highest BCUT2D eigenvalue weighted by Crippen LogP contribution is 2.43. The number of benzene rings is 2. The zero-order chi connectivity index (χ0) is 28.9. The molecule has 3 aliphatic heterocycles. The molecule has 0 radical (unpaired) electrons. The van der Waals surface area contributed by atoms with Crippen LogP contribution in [-0.4, -0.2) is 64.1 Å². The van der Waals surface area contributed by atoms with Crippen molar-refractivity contribution >= 4 is 29.3 Å². The highest BCUT2D eigenvalue weighted by Gasteiger charge is 2.40. The van der Waals surface area contributed by atoms with Gasteiger partial charge >= 0.3 is 6.03 Å². The molecular formula is C32H35FN4O4. The van der Waals surface area contributed by atoms with Crippen molar-refractivity contribution in [3.05, 3.63) is 76.1 Å². The van der Waals surface area contributed by atoms with Crippen molar-refractivity contribution in [1.29, 1.82) is 0 Å². The number of nitrogens with zero attached hydrogens (tertiary/aromatic N) is 3. The molecule has 2 fully saturated rings. The first kappa shape index (κ1) is 27.2. The van der Waals surface area contributed by atoms with Crippen LogP contribution in [-0.2, 0) is 22.7 Å². The van der Waals surface area contributed by atoms with Crippen molar-refractivity contribution in [3.63, 3.8) is 0 Å². The average Bonchev–Trinajstić information content (AvgIpc) is 3.45. The van der Waals surface area contributed by atoms with Gasteiger partial charge in [-0.25, -0.2) is 9.18 Å². The fraction of sp³-hybridized carbons (Fsp3) is 0.438. The van der Waals surface area contributed by atoms with Gasteiger partial charge in [0.2, 0.25) is 11.8 Å².